The van der Waals surface area contributed by atoms with Crippen molar-refractivity contribution in [3.8, 4) is 22.9 Å². The van der Waals surface area contributed by atoms with Gasteiger partial charge in [0.15, 0.2) is 11.7 Å². The molecule has 4 N–H and O–H groups in total. The molecule has 4 fully saturated rings. The molecule has 3 aliphatic carbocycles. The number of hydrogen-bond acceptors (Lipinski definition) is 13. The van der Waals surface area contributed by atoms with Crippen LogP contribution in [0.3, 0.4) is 0 Å². The summed E-state index contributed by atoms with van der Waals surface area (Å²) in [6.07, 6.45) is 2.78. The van der Waals surface area contributed by atoms with Gasteiger partial charge in [-0.05, 0) is 68.9 Å². The van der Waals surface area contributed by atoms with Crippen molar-refractivity contribution in [3.63, 3.8) is 0 Å². The Morgan fingerprint density at radius 1 is 1.05 bits per heavy atom. The maximum atomic E-state index is 14.7. The Morgan fingerprint density at radius 3 is 2.44 bits per heavy atom. The highest BCUT2D eigenvalue weighted by molar-refractivity contribution is 7.14. The van der Waals surface area contributed by atoms with Crippen LogP contribution in [0, 0.1) is 23.2 Å². The van der Waals surface area contributed by atoms with Crippen LogP contribution in [0.4, 0.5) is 9.93 Å². The van der Waals surface area contributed by atoms with Gasteiger partial charge in [0.2, 0.25) is 11.8 Å². The van der Waals surface area contributed by atoms with E-state index in [1.807, 2.05) is 40.0 Å². The summed E-state index contributed by atoms with van der Waals surface area (Å²) >= 11 is 1.42. The Bertz CT molecular complexity index is 2140. The molecule has 3 saturated carbocycles. The number of rotatable bonds is 15. The molecule has 17 heteroatoms. The van der Waals surface area contributed by atoms with E-state index in [4.69, 9.17) is 28.9 Å². The molecule has 0 bridgehead atoms. The number of anilines is 1. The summed E-state index contributed by atoms with van der Waals surface area (Å²) in [5.41, 5.74) is -0.822. The maximum absolute atomic E-state index is 14.7. The van der Waals surface area contributed by atoms with E-state index < -0.39 is 64.9 Å². The number of nitrogens with zero attached hydrogens (tertiary/aromatic N) is 3. The van der Waals surface area contributed by atoms with E-state index in [9.17, 15) is 29.1 Å². The number of likely N-dealkylation sites (tertiary alicyclic amines) is 1. The molecule has 1 saturated heterocycles. The van der Waals surface area contributed by atoms with Gasteiger partial charge in [0.25, 0.3) is 0 Å². The number of methoxy groups -OCH3 is 1. The lowest BCUT2D eigenvalue weighted by molar-refractivity contribution is -0.146. The fourth-order valence-corrected chi connectivity index (χ4v) is 9.00. The molecule has 316 valence electrons. The number of benzene rings is 1. The number of carbonyl (C=O) groups excluding carboxylic acids is 4. The van der Waals surface area contributed by atoms with E-state index in [1.165, 1.54) is 29.4 Å². The predicted molar refractivity (Wildman–Crippen MR) is 218 cm³/mol. The minimum Gasteiger partial charge on any atom is -0.488 e. The molecule has 0 spiro atoms. The van der Waals surface area contributed by atoms with Gasteiger partial charge in [-0.1, -0.05) is 26.8 Å². The molecule has 8 atom stereocenters. The number of aliphatic carboxylic acids is 1. The van der Waals surface area contributed by atoms with E-state index in [2.05, 4.69) is 22.5 Å². The predicted octanol–water partition coefficient (Wildman–Crippen LogP) is 5.16. The van der Waals surface area contributed by atoms with Crippen molar-refractivity contribution < 1.29 is 48.0 Å². The van der Waals surface area contributed by atoms with Crippen molar-refractivity contribution in [2.75, 3.05) is 25.6 Å². The number of carbonyl (C=O) groups is 5. The third kappa shape index (κ3) is 9.09. The van der Waals surface area contributed by atoms with Crippen molar-refractivity contribution in [1.29, 1.82) is 0 Å². The van der Waals surface area contributed by atoms with Crippen LogP contribution in [0.15, 0.2) is 42.3 Å². The Morgan fingerprint density at radius 2 is 1.80 bits per heavy atom. The van der Waals surface area contributed by atoms with Crippen LogP contribution in [0.25, 0.3) is 22.3 Å². The Kier molecular flexibility index (Phi) is 11.5. The average Bonchev–Trinajstić information content (AvgIpc) is 3.85. The molecule has 1 aliphatic heterocycles. The van der Waals surface area contributed by atoms with Gasteiger partial charge in [0.05, 0.1) is 24.9 Å². The maximum Gasteiger partial charge on any atom is 0.408 e. The Hall–Kier alpha value is -5.45. The first-order chi connectivity index (χ1) is 28.0. The Labute approximate surface area is 346 Å². The van der Waals surface area contributed by atoms with Gasteiger partial charge in [0, 0.05) is 41.3 Å². The second-order valence-corrected chi connectivity index (χ2v) is 18.2. The van der Waals surface area contributed by atoms with Gasteiger partial charge in [0.1, 0.15) is 47.0 Å². The van der Waals surface area contributed by atoms with Crippen molar-refractivity contribution in [2.24, 2.45) is 23.2 Å². The lowest BCUT2D eigenvalue weighted by Gasteiger charge is -2.35. The van der Waals surface area contributed by atoms with Crippen LogP contribution < -0.4 is 25.4 Å². The lowest BCUT2D eigenvalue weighted by atomic mass is 9.85. The molecule has 16 nitrogen and oxygen atoms in total. The number of ether oxygens (including phenoxy) is 4. The van der Waals surface area contributed by atoms with Gasteiger partial charge in [-0.25, -0.2) is 24.4 Å². The number of carboxylic acids is 1. The molecule has 3 unspecified atom stereocenters. The van der Waals surface area contributed by atoms with Crippen LogP contribution in [0.1, 0.15) is 66.7 Å². The summed E-state index contributed by atoms with van der Waals surface area (Å²) in [5, 5.41) is 22.1. The molecule has 1 aromatic carbocycles. The van der Waals surface area contributed by atoms with Gasteiger partial charge >= 0.3 is 18.0 Å². The first-order valence-corrected chi connectivity index (χ1v) is 20.8. The molecule has 3 aromatic rings. The fraction of sp³-hybridized carbons (Fsp3) is 0.548. The number of hydrogen-bond donors (Lipinski definition) is 4. The SMILES string of the molecule is C=CC1C[C@]1(NC(=O)[C@@H]1C[C@@H](Oc2cc(-c3csc(NC(C)C)n3)nc3cc(OCC(=O)OC)ccc23)CN1C(=O)C(NC(=O)OC1C[C@@H]2C[C@@H]2C1)C(C)(C)C)C(=O)O. The lowest BCUT2D eigenvalue weighted by Crippen LogP contribution is -2.59. The van der Waals surface area contributed by atoms with E-state index in [0.29, 0.717) is 50.8 Å². The number of aromatic nitrogens is 2. The molecular formula is C42H52N6O10S. The summed E-state index contributed by atoms with van der Waals surface area (Å²) in [7, 11) is 1.27. The van der Waals surface area contributed by atoms with Crippen LogP contribution in [0.2, 0.25) is 0 Å². The number of pyridine rings is 1. The fourth-order valence-electron chi connectivity index (χ4n) is 8.15. The summed E-state index contributed by atoms with van der Waals surface area (Å²) in [6.45, 7) is 12.8. The zero-order valence-corrected chi connectivity index (χ0v) is 34.9. The average molecular weight is 833 g/mol. The number of amides is 3. The minimum atomic E-state index is -1.54. The largest absolute Gasteiger partial charge is 0.488 e. The normalized spacial score (nSPS) is 26.1. The van der Waals surface area contributed by atoms with Gasteiger partial charge in [-0.2, -0.15) is 0 Å². The van der Waals surface area contributed by atoms with Crippen molar-refractivity contribution in [2.45, 2.75) is 103 Å². The first-order valence-electron chi connectivity index (χ1n) is 20.0. The topological polar surface area (TPSA) is 208 Å². The van der Waals surface area contributed by atoms with Crippen molar-refractivity contribution in [3.05, 3.63) is 42.3 Å². The Balaban J connectivity index is 1.19. The van der Waals surface area contributed by atoms with E-state index >= 15 is 0 Å². The van der Waals surface area contributed by atoms with Crippen LogP contribution in [-0.2, 0) is 28.7 Å². The molecule has 3 heterocycles. The summed E-state index contributed by atoms with van der Waals surface area (Å²) in [5.74, 6) is -1.49. The zero-order valence-electron chi connectivity index (χ0n) is 34.1. The molecule has 4 aliphatic rings. The number of nitrogens with one attached hydrogen (secondary N) is 3. The second kappa shape index (κ2) is 16.3. The van der Waals surface area contributed by atoms with Crippen LogP contribution in [0.5, 0.6) is 11.5 Å². The number of esters is 1. The van der Waals surface area contributed by atoms with E-state index in [-0.39, 0.29) is 38.1 Å². The molecular weight excluding hydrogens is 781 g/mol. The molecule has 59 heavy (non-hydrogen) atoms. The van der Waals surface area contributed by atoms with E-state index in [0.717, 1.165) is 19.3 Å². The third-order valence-electron chi connectivity index (χ3n) is 11.5. The standard InChI is InChI=1S/C42H52N6O10S/c1-8-24-17-42(24,38(52)53)47-36(50)32-15-27(18-48(32)37(51)35(41(4,5)6)46-40(54)58-26-12-22-11-23(22)13-26)57-33-16-30(31-20-59-39(45-31)43-21(2)3)44-29-14-25(9-10-28(29)33)56-19-34(49)55-7/h8-10,14,16,20-24,26-27,32,35H,1,11-13,15,17-19H2,2-7H3,(H,43,45)(H,46,54)(H,47,50)(H,52,53)/t22-,23+,24?,26?,27-,32+,35?,42-/m1/s1. The van der Waals surface area contributed by atoms with Crippen LogP contribution in [-0.4, -0.2) is 106 Å². The number of carboxylic acid groups (broad SMARTS) is 1. The number of thiazole rings is 1. The van der Waals surface area contributed by atoms with E-state index in [1.54, 1.807) is 24.3 Å². The summed E-state index contributed by atoms with van der Waals surface area (Å²) in [4.78, 5) is 77.4. The summed E-state index contributed by atoms with van der Waals surface area (Å²) in [6, 6.07) is 4.72. The van der Waals surface area contributed by atoms with Crippen molar-refractivity contribution >= 4 is 57.2 Å². The monoisotopic (exact) mass is 832 g/mol. The number of fused-ring (bicyclic) bond motifs is 2. The highest BCUT2D eigenvalue weighted by atomic mass is 32.1. The molecule has 2 aromatic heterocycles. The molecule has 7 rings (SSSR count). The highest BCUT2D eigenvalue weighted by Gasteiger charge is 2.61. The number of alkyl carbamates (subject to hydrolysis) is 1. The first kappa shape index (κ1) is 41.7. The minimum absolute atomic E-state index is 0.0107. The van der Waals surface area contributed by atoms with Gasteiger partial charge in [-0.15, -0.1) is 17.9 Å². The molecule has 0 radical (unpaired) electrons. The zero-order chi connectivity index (χ0) is 42.4. The smallest absolute Gasteiger partial charge is 0.408 e. The molecule has 3 amide bonds. The second-order valence-electron chi connectivity index (χ2n) is 17.4. The van der Waals surface area contributed by atoms with Crippen molar-refractivity contribution in [1.82, 2.24) is 25.5 Å². The third-order valence-corrected chi connectivity index (χ3v) is 12.3. The quantitative estimate of drug-likeness (QED) is 0.115. The summed E-state index contributed by atoms with van der Waals surface area (Å²) < 4.78 is 22.8. The highest BCUT2D eigenvalue weighted by Crippen LogP contribution is 2.52. The van der Waals surface area contributed by atoms with Gasteiger partial charge in [-0.3, -0.25) is 9.59 Å². The van der Waals surface area contributed by atoms with Crippen LogP contribution >= 0.6 is 11.3 Å². The van der Waals surface area contributed by atoms with Gasteiger partial charge < -0.3 is 44.9 Å².